The van der Waals surface area contributed by atoms with E-state index in [0.29, 0.717) is 35.1 Å². The molecule has 0 aromatic carbocycles. The van der Waals surface area contributed by atoms with E-state index in [1.807, 2.05) is 31.7 Å². The molecule has 0 spiro atoms. The van der Waals surface area contributed by atoms with Crippen LogP contribution < -0.4 is 31.5 Å². The van der Waals surface area contributed by atoms with Gasteiger partial charge in [-0.2, -0.15) is 10.2 Å². The summed E-state index contributed by atoms with van der Waals surface area (Å²) in [5.74, 6) is -0.451. The predicted octanol–water partition coefficient (Wildman–Crippen LogP) is 4.64. The highest BCUT2D eigenvalue weighted by Gasteiger charge is 2.45. The van der Waals surface area contributed by atoms with E-state index in [1.165, 1.54) is 50.8 Å². The number of carbonyl (C=O) groups excluding carboxylic acids is 2. The van der Waals surface area contributed by atoms with Crippen LogP contribution in [-0.4, -0.2) is 116 Å². The minimum Gasteiger partial charge on any atom is -0.387 e. The summed E-state index contributed by atoms with van der Waals surface area (Å²) in [4.78, 5) is 47.2. The molecular weight excluding hydrogens is 810 g/mol. The van der Waals surface area contributed by atoms with Gasteiger partial charge < -0.3 is 41.7 Å². The fourth-order valence-corrected chi connectivity index (χ4v) is 6.51. The molecule has 6 aromatic rings. The number of pyridine rings is 2. The number of nitrogens with zero attached hydrogens (tertiary/aromatic N) is 9. The Morgan fingerprint density at radius 2 is 1.50 bits per heavy atom. The van der Waals surface area contributed by atoms with Gasteiger partial charge in [-0.1, -0.05) is 0 Å². The smallest absolute Gasteiger partial charge is 0.255 e. The number of halogens is 3. The Hall–Kier alpha value is -6.61. The fourth-order valence-electron chi connectivity index (χ4n) is 6.51. The zero-order valence-electron chi connectivity index (χ0n) is 35.2. The third kappa shape index (κ3) is 9.78. The normalized spacial score (nSPS) is 16.3. The standard InChI is InChI=1S/C41H49F3N14O4/c1-21(2)50-27-15-35(46-17-24(27)39(60)48-20-31(44)41(6,7)62)58(34-9-11-56-36(54-34)12-22(3)55-56)29-13-28(29)51-26-14-33(52-32-8-10-57-37(53-32)25(42)18-49-57)45-16-23(26)38(59)47-19-30(43)40(4,5)61/h8-12,14-18,21,28-31,61-62H,13,19-20H2,1-7H3,(H,46,50)(H,47,59)(H,48,60)(H2,45,51,52,53). The molecule has 2 amide bonds. The first-order chi connectivity index (χ1) is 29.2. The van der Waals surface area contributed by atoms with E-state index in [1.54, 1.807) is 35.0 Å². The van der Waals surface area contributed by atoms with Gasteiger partial charge in [0.25, 0.3) is 11.8 Å². The monoisotopic (exact) mass is 858 g/mol. The molecule has 6 aromatic heterocycles. The van der Waals surface area contributed by atoms with Crippen LogP contribution in [0.4, 0.5) is 47.8 Å². The quantitative estimate of drug-likeness (QED) is 0.0664. The van der Waals surface area contributed by atoms with E-state index in [-0.39, 0.29) is 46.5 Å². The number of anilines is 6. The number of aliphatic hydroxyl groups is 2. The fraction of sp³-hybridized carbons (Fsp3) is 0.415. The lowest BCUT2D eigenvalue weighted by atomic mass is 10.0. The van der Waals surface area contributed by atoms with Crippen molar-refractivity contribution in [3.8, 4) is 0 Å². The summed E-state index contributed by atoms with van der Waals surface area (Å²) in [6.07, 6.45) is 4.06. The van der Waals surface area contributed by atoms with Crippen molar-refractivity contribution in [2.24, 2.45) is 0 Å². The van der Waals surface area contributed by atoms with Gasteiger partial charge >= 0.3 is 0 Å². The molecule has 4 atom stereocenters. The molecule has 1 aliphatic carbocycles. The minimum absolute atomic E-state index is 0.0103. The van der Waals surface area contributed by atoms with Gasteiger partial charge in [0.05, 0.1) is 64.7 Å². The van der Waals surface area contributed by atoms with Crippen molar-refractivity contribution in [2.75, 3.05) is 33.9 Å². The Bertz CT molecular complexity index is 2610. The van der Waals surface area contributed by atoms with Crippen LogP contribution >= 0.6 is 0 Å². The summed E-state index contributed by atoms with van der Waals surface area (Å²) in [7, 11) is 0. The van der Waals surface area contributed by atoms with Crippen molar-refractivity contribution >= 4 is 57.8 Å². The molecule has 0 saturated heterocycles. The lowest BCUT2D eigenvalue weighted by Crippen LogP contribution is -2.42. The van der Waals surface area contributed by atoms with Gasteiger partial charge in [-0.05, 0) is 67.0 Å². The van der Waals surface area contributed by atoms with Gasteiger partial charge in [-0.25, -0.2) is 42.1 Å². The summed E-state index contributed by atoms with van der Waals surface area (Å²) in [6.45, 7) is 10.0. The first-order valence-electron chi connectivity index (χ1n) is 20.0. The lowest BCUT2D eigenvalue weighted by Gasteiger charge is -2.26. The van der Waals surface area contributed by atoms with E-state index in [2.05, 4.69) is 46.7 Å². The zero-order chi connectivity index (χ0) is 44.7. The molecule has 0 radical (unpaired) electrons. The Morgan fingerprint density at radius 3 is 2.16 bits per heavy atom. The van der Waals surface area contributed by atoms with Crippen LogP contribution in [0.25, 0.3) is 11.3 Å². The molecule has 18 nitrogen and oxygen atoms in total. The highest BCUT2D eigenvalue weighted by atomic mass is 19.1. The predicted molar refractivity (Wildman–Crippen MR) is 226 cm³/mol. The number of amides is 2. The molecule has 7 rings (SSSR count). The maximum absolute atomic E-state index is 14.8. The number of carbonyl (C=O) groups is 2. The molecule has 1 aliphatic rings. The summed E-state index contributed by atoms with van der Waals surface area (Å²) in [5, 5.41) is 43.5. The van der Waals surface area contributed by atoms with Gasteiger partial charge in [0.2, 0.25) is 0 Å². The number of alkyl halides is 2. The van der Waals surface area contributed by atoms with Crippen molar-refractivity contribution in [2.45, 2.75) is 96.6 Å². The van der Waals surface area contributed by atoms with Crippen LogP contribution in [0.1, 0.15) is 74.4 Å². The average Bonchev–Trinajstić information content (AvgIpc) is 3.68. The van der Waals surface area contributed by atoms with Crippen LogP contribution in [-0.2, 0) is 0 Å². The molecule has 0 bridgehead atoms. The molecule has 1 fully saturated rings. The Kier molecular flexibility index (Phi) is 11.9. The second-order valence-corrected chi connectivity index (χ2v) is 16.7. The van der Waals surface area contributed by atoms with Gasteiger partial charge in [-0.15, -0.1) is 0 Å². The largest absolute Gasteiger partial charge is 0.387 e. The highest BCUT2D eigenvalue weighted by molar-refractivity contribution is 6.01. The Balaban J connectivity index is 1.22. The van der Waals surface area contributed by atoms with E-state index in [0.717, 1.165) is 11.9 Å². The molecule has 21 heteroatoms. The first-order valence-corrected chi connectivity index (χ1v) is 20.0. The van der Waals surface area contributed by atoms with Crippen molar-refractivity contribution in [1.82, 2.24) is 49.8 Å². The first kappa shape index (κ1) is 43.5. The topological polar surface area (TPSA) is 224 Å². The number of hydrogen-bond acceptors (Lipinski definition) is 14. The van der Waals surface area contributed by atoms with Crippen molar-refractivity contribution < 1.29 is 33.0 Å². The van der Waals surface area contributed by atoms with E-state index < -0.39 is 54.3 Å². The van der Waals surface area contributed by atoms with Crippen LogP contribution in [0.15, 0.2) is 61.3 Å². The van der Waals surface area contributed by atoms with Crippen molar-refractivity contribution in [3.63, 3.8) is 0 Å². The van der Waals surface area contributed by atoms with E-state index in [4.69, 9.17) is 9.97 Å². The van der Waals surface area contributed by atoms with Gasteiger partial charge in [0.1, 0.15) is 35.6 Å². The molecule has 0 aliphatic heterocycles. The molecule has 328 valence electrons. The maximum Gasteiger partial charge on any atom is 0.255 e. The van der Waals surface area contributed by atoms with Crippen LogP contribution in [0, 0.1) is 12.7 Å². The summed E-state index contributed by atoms with van der Waals surface area (Å²) >= 11 is 0. The second kappa shape index (κ2) is 17.0. The Labute approximate surface area is 354 Å². The Morgan fingerprint density at radius 1 is 0.855 bits per heavy atom. The zero-order valence-corrected chi connectivity index (χ0v) is 35.2. The number of nitrogens with one attached hydrogen (secondary N) is 5. The third-order valence-corrected chi connectivity index (χ3v) is 10.1. The van der Waals surface area contributed by atoms with Gasteiger partial charge in [0, 0.05) is 55.1 Å². The maximum atomic E-state index is 14.8. The number of aromatic nitrogens is 8. The van der Waals surface area contributed by atoms with Crippen molar-refractivity contribution in [1.29, 1.82) is 0 Å². The molecular formula is C41H49F3N14O4. The number of rotatable bonds is 17. The van der Waals surface area contributed by atoms with Gasteiger partial charge in [0.15, 0.2) is 17.1 Å². The van der Waals surface area contributed by atoms with E-state index >= 15 is 0 Å². The molecule has 4 unspecified atom stereocenters. The second-order valence-electron chi connectivity index (χ2n) is 16.7. The van der Waals surface area contributed by atoms with Crippen LogP contribution in [0.3, 0.4) is 0 Å². The lowest BCUT2D eigenvalue weighted by molar-refractivity contribution is -0.00209. The van der Waals surface area contributed by atoms with Gasteiger partial charge in [-0.3, -0.25) is 9.59 Å². The van der Waals surface area contributed by atoms with Crippen molar-refractivity contribution in [3.05, 3.63) is 84.0 Å². The third-order valence-electron chi connectivity index (χ3n) is 10.1. The molecule has 62 heavy (non-hydrogen) atoms. The average molecular weight is 859 g/mol. The number of aryl methyl sites for hydroxylation is 1. The molecule has 1 saturated carbocycles. The number of fused-ring (bicyclic) bond motifs is 2. The van der Waals surface area contributed by atoms with Crippen LogP contribution in [0.5, 0.6) is 0 Å². The minimum atomic E-state index is -1.76. The molecule has 7 N–H and O–H groups in total. The van der Waals surface area contributed by atoms with Crippen LogP contribution in [0.2, 0.25) is 0 Å². The van der Waals surface area contributed by atoms with E-state index in [9.17, 15) is 33.0 Å². The highest BCUT2D eigenvalue weighted by Crippen LogP contribution is 2.41. The molecule has 6 heterocycles. The summed E-state index contributed by atoms with van der Waals surface area (Å²) in [5.41, 5.74) is -1.08. The summed E-state index contributed by atoms with van der Waals surface area (Å²) in [6, 6.07) is 7.65. The SMILES string of the molecule is Cc1cc2nc(N(c3cc(NC(C)C)c(C(=O)NCC(F)C(C)(C)O)cn3)C3CC3Nc3cc(Nc4ccn5ncc(F)c5n4)ncc3C(=O)NCC(F)C(C)(C)O)ccn2n1. The summed E-state index contributed by atoms with van der Waals surface area (Å²) < 4.78 is 46.6. The number of hydrogen-bond donors (Lipinski definition) is 7.